The maximum Gasteiger partial charge on any atom is 0.339 e. The lowest BCUT2D eigenvalue weighted by atomic mass is 10.1. The molecule has 0 spiro atoms. The van der Waals surface area contributed by atoms with Crippen LogP contribution >= 0.6 is 0 Å². The van der Waals surface area contributed by atoms with Crippen molar-refractivity contribution in [2.45, 2.75) is 59.5 Å². The van der Waals surface area contributed by atoms with Crippen LogP contribution in [-0.2, 0) is 14.3 Å². The molecule has 2 heterocycles. The van der Waals surface area contributed by atoms with Gasteiger partial charge in [0.2, 0.25) is 5.91 Å². The van der Waals surface area contributed by atoms with Gasteiger partial charge in [0.25, 0.3) is 5.91 Å². The Kier molecular flexibility index (Phi) is 7.30. The second-order valence-corrected chi connectivity index (χ2v) is 7.74. The third-order valence-corrected chi connectivity index (χ3v) is 4.12. The summed E-state index contributed by atoms with van der Waals surface area (Å²) in [4.78, 5) is 40.8. The van der Waals surface area contributed by atoms with Crippen molar-refractivity contribution in [1.82, 2.24) is 25.4 Å². The summed E-state index contributed by atoms with van der Waals surface area (Å²) in [5.41, 5.74) is 1.66. The van der Waals surface area contributed by atoms with Crippen molar-refractivity contribution >= 4 is 28.8 Å². The summed E-state index contributed by atoms with van der Waals surface area (Å²) in [7, 11) is 0. The second-order valence-electron chi connectivity index (χ2n) is 7.74. The Balaban J connectivity index is 2.12. The molecule has 2 amide bonds. The predicted molar refractivity (Wildman–Crippen MR) is 109 cm³/mol. The lowest BCUT2D eigenvalue weighted by Gasteiger charge is -2.12. The van der Waals surface area contributed by atoms with Crippen LogP contribution in [0.1, 0.15) is 69.6 Å². The first kappa shape index (κ1) is 22.3. The SMILES string of the molecule is CC(C)NC(=O)CNC(=O)COC(=O)c1cc(C(C)C)nc2c1cnn2C(C)C. The van der Waals surface area contributed by atoms with Gasteiger partial charge in [0.1, 0.15) is 0 Å². The zero-order valence-electron chi connectivity index (χ0n) is 17.8. The number of fused-ring (bicyclic) bond motifs is 1. The van der Waals surface area contributed by atoms with Gasteiger partial charge in [0.15, 0.2) is 12.3 Å². The lowest BCUT2D eigenvalue weighted by Crippen LogP contribution is -2.41. The first-order valence-electron chi connectivity index (χ1n) is 9.71. The number of carbonyl (C=O) groups excluding carboxylic acids is 3. The molecule has 29 heavy (non-hydrogen) atoms. The van der Waals surface area contributed by atoms with E-state index in [1.807, 2.05) is 41.5 Å². The number of nitrogens with one attached hydrogen (secondary N) is 2. The molecule has 158 valence electrons. The van der Waals surface area contributed by atoms with Crippen LogP contribution in [0.5, 0.6) is 0 Å². The molecule has 9 nitrogen and oxygen atoms in total. The smallest absolute Gasteiger partial charge is 0.339 e. The summed E-state index contributed by atoms with van der Waals surface area (Å²) in [5.74, 6) is -1.39. The molecule has 0 radical (unpaired) electrons. The van der Waals surface area contributed by atoms with Gasteiger partial charge in [0.05, 0.1) is 23.7 Å². The van der Waals surface area contributed by atoms with Gasteiger partial charge in [-0.15, -0.1) is 0 Å². The van der Waals surface area contributed by atoms with Gasteiger partial charge in [-0.1, -0.05) is 13.8 Å². The van der Waals surface area contributed by atoms with Crippen molar-refractivity contribution < 1.29 is 19.1 Å². The van der Waals surface area contributed by atoms with Crippen LogP contribution in [0, 0.1) is 0 Å². The zero-order valence-corrected chi connectivity index (χ0v) is 17.8. The highest BCUT2D eigenvalue weighted by Crippen LogP contribution is 2.24. The van der Waals surface area contributed by atoms with Crippen molar-refractivity contribution in [3.63, 3.8) is 0 Å². The summed E-state index contributed by atoms with van der Waals surface area (Å²) < 4.78 is 6.92. The van der Waals surface area contributed by atoms with Crippen LogP contribution in [0.3, 0.4) is 0 Å². The topological polar surface area (TPSA) is 115 Å². The third kappa shape index (κ3) is 5.75. The summed E-state index contributed by atoms with van der Waals surface area (Å²) in [6.45, 7) is 10.9. The van der Waals surface area contributed by atoms with Crippen LogP contribution in [0.4, 0.5) is 0 Å². The van der Waals surface area contributed by atoms with Crippen LogP contribution < -0.4 is 10.6 Å². The molecule has 0 saturated carbocycles. The van der Waals surface area contributed by atoms with Gasteiger partial charge in [-0.25, -0.2) is 14.5 Å². The minimum absolute atomic E-state index is 0.0202. The quantitative estimate of drug-likeness (QED) is 0.651. The summed E-state index contributed by atoms with van der Waals surface area (Å²) in [5, 5.41) is 9.99. The first-order chi connectivity index (χ1) is 13.6. The second kappa shape index (κ2) is 9.49. The minimum Gasteiger partial charge on any atom is -0.452 e. The molecular weight excluding hydrogens is 374 g/mol. The fourth-order valence-corrected chi connectivity index (χ4v) is 2.69. The standard InChI is InChI=1S/C20H29N5O4/c1-11(2)16-7-14(15-8-22-25(13(5)6)19(15)24-16)20(28)29-10-18(27)21-9-17(26)23-12(3)4/h7-8,11-13H,9-10H2,1-6H3,(H,21,27)(H,23,26). The molecule has 9 heteroatoms. The largest absolute Gasteiger partial charge is 0.452 e. The van der Waals surface area contributed by atoms with E-state index in [4.69, 9.17) is 4.74 Å². The molecule has 0 saturated heterocycles. The Labute approximate surface area is 170 Å². The van der Waals surface area contributed by atoms with E-state index in [-0.39, 0.29) is 30.5 Å². The Morgan fingerprint density at radius 1 is 1.10 bits per heavy atom. The van der Waals surface area contributed by atoms with Crippen LogP contribution in [-0.4, -0.2) is 51.7 Å². The molecule has 0 fully saturated rings. The van der Waals surface area contributed by atoms with Gasteiger partial charge in [-0.2, -0.15) is 5.10 Å². The zero-order chi connectivity index (χ0) is 21.7. The van der Waals surface area contributed by atoms with Gasteiger partial charge in [-0.3, -0.25) is 9.59 Å². The van der Waals surface area contributed by atoms with E-state index >= 15 is 0 Å². The van der Waals surface area contributed by atoms with E-state index < -0.39 is 18.5 Å². The number of hydrogen-bond donors (Lipinski definition) is 2. The molecular formula is C20H29N5O4. The maximum atomic E-state index is 12.7. The Morgan fingerprint density at radius 3 is 2.38 bits per heavy atom. The van der Waals surface area contributed by atoms with Crippen molar-refractivity contribution in [2.24, 2.45) is 0 Å². The lowest BCUT2D eigenvalue weighted by molar-refractivity contribution is -0.128. The molecule has 0 aromatic carbocycles. The van der Waals surface area contributed by atoms with Crippen molar-refractivity contribution in [2.75, 3.05) is 13.2 Å². The highest BCUT2D eigenvalue weighted by atomic mass is 16.5. The van der Waals surface area contributed by atoms with Crippen molar-refractivity contribution in [3.05, 3.63) is 23.5 Å². The van der Waals surface area contributed by atoms with Crippen LogP contribution in [0.15, 0.2) is 12.3 Å². The number of nitrogens with zero attached hydrogens (tertiary/aromatic N) is 3. The molecule has 2 rings (SSSR count). The number of pyridine rings is 1. The minimum atomic E-state index is -0.635. The average Bonchev–Trinajstić information content (AvgIpc) is 3.07. The monoisotopic (exact) mass is 403 g/mol. The maximum absolute atomic E-state index is 12.7. The fourth-order valence-electron chi connectivity index (χ4n) is 2.69. The van der Waals surface area contributed by atoms with Crippen molar-refractivity contribution in [1.29, 1.82) is 0 Å². The Morgan fingerprint density at radius 2 is 1.79 bits per heavy atom. The number of aromatic nitrogens is 3. The Hall–Kier alpha value is -2.97. The van der Waals surface area contributed by atoms with Crippen molar-refractivity contribution in [3.8, 4) is 0 Å². The van der Waals surface area contributed by atoms with Gasteiger partial charge in [0, 0.05) is 17.8 Å². The molecule has 0 aliphatic heterocycles. The molecule has 2 N–H and O–H groups in total. The van der Waals surface area contributed by atoms with E-state index in [1.54, 1.807) is 16.9 Å². The van der Waals surface area contributed by atoms with E-state index in [9.17, 15) is 14.4 Å². The molecule has 0 aliphatic rings. The summed E-state index contributed by atoms with van der Waals surface area (Å²) in [6.07, 6.45) is 1.58. The van der Waals surface area contributed by atoms with E-state index in [2.05, 4.69) is 20.7 Å². The fraction of sp³-hybridized carbons (Fsp3) is 0.550. The van der Waals surface area contributed by atoms with E-state index in [1.165, 1.54) is 0 Å². The van der Waals surface area contributed by atoms with Gasteiger partial charge < -0.3 is 15.4 Å². The average molecular weight is 403 g/mol. The van der Waals surface area contributed by atoms with Gasteiger partial charge in [-0.05, 0) is 39.7 Å². The number of esters is 1. The molecule has 0 bridgehead atoms. The normalized spacial score (nSPS) is 11.3. The third-order valence-electron chi connectivity index (χ3n) is 4.12. The number of rotatable bonds is 8. The summed E-state index contributed by atoms with van der Waals surface area (Å²) >= 11 is 0. The highest BCUT2D eigenvalue weighted by molar-refractivity contribution is 6.03. The van der Waals surface area contributed by atoms with E-state index in [0.29, 0.717) is 16.6 Å². The number of amides is 2. The summed E-state index contributed by atoms with van der Waals surface area (Å²) in [6, 6.07) is 1.73. The Bertz CT molecular complexity index is 902. The highest BCUT2D eigenvalue weighted by Gasteiger charge is 2.20. The molecule has 2 aromatic heterocycles. The van der Waals surface area contributed by atoms with Crippen LogP contribution in [0.2, 0.25) is 0 Å². The van der Waals surface area contributed by atoms with Gasteiger partial charge >= 0.3 is 5.97 Å². The number of hydrogen-bond acceptors (Lipinski definition) is 6. The van der Waals surface area contributed by atoms with Crippen LogP contribution in [0.25, 0.3) is 11.0 Å². The first-order valence-corrected chi connectivity index (χ1v) is 9.71. The number of carbonyl (C=O) groups is 3. The molecule has 0 unspecified atom stereocenters. The molecule has 2 aromatic rings. The molecule has 0 aliphatic carbocycles. The number of ether oxygens (including phenoxy) is 1. The van der Waals surface area contributed by atoms with E-state index in [0.717, 1.165) is 5.69 Å². The predicted octanol–water partition coefficient (Wildman–Crippen LogP) is 1.93. The molecule has 0 atom stereocenters.